The van der Waals surface area contributed by atoms with Crippen molar-refractivity contribution < 1.29 is 4.92 Å². The third kappa shape index (κ3) is 1.38. The van der Waals surface area contributed by atoms with E-state index in [0.29, 0.717) is 28.6 Å². The second-order valence-corrected chi connectivity index (χ2v) is 6.61. The van der Waals surface area contributed by atoms with Crippen LogP contribution in [0.1, 0.15) is 6.42 Å². The molecule has 0 amide bonds. The van der Waals surface area contributed by atoms with E-state index < -0.39 is 4.92 Å². The monoisotopic (exact) mass is 318 g/mol. The molecule has 0 spiro atoms. The molecule has 2 aliphatic carbocycles. The summed E-state index contributed by atoms with van der Waals surface area (Å²) in [6.07, 6.45) is 1.04. The van der Waals surface area contributed by atoms with Gasteiger partial charge in [-0.1, -0.05) is 16.8 Å². The summed E-state index contributed by atoms with van der Waals surface area (Å²) in [7, 11) is 0. The molecule has 0 saturated heterocycles. The van der Waals surface area contributed by atoms with Gasteiger partial charge in [0.25, 0.3) is 5.69 Å². The maximum absolute atomic E-state index is 11.0. The van der Waals surface area contributed by atoms with Gasteiger partial charge in [0.05, 0.1) is 21.7 Å². The van der Waals surface area contributed by atoms with E-state index in [1.807, 2.05) is 0 Å². The Morgan fingerprint density at radius 3 is 2.68 bits per heavy atom. The fraction of sp³-hybridized carbons (Fsp3) is 0.538. The van der Waals surface area contributed by atoms with Crippen molar-refractivity contribution >= 4 is 23.0 Å². The molecule has 2 bridgehead atoms. The van der Waals surface area contributed by atoms with Gasteiger partial charge in [-0.2, -0.15) is 15.3 Å². The Hall–Kier alpha value is -2.09. The lowest BCUT2D eigenvalue weighted by Gasteiger charge is -2.38. The Morgan fingerprint density at radius 1 is 1.18 bits per heavy atom. The van der Waals surface area contributed by atoms with Crippen LogP contribution in [0.4, 0.5) is 11.4 Å². The van der Waals surface area contributed by atoms with Gasteiger partial charge < -0.3 is 0 Å². The average molecular weight is 319 g/mol. The molecular formula is C13H11ClN6O2. The van der Waals surface area contributed by atoms with Gasteiger partial charge in [0.15, 0.2) is 0 Å². The summed E-state index contributed by atoms with van der Waals surface area (Å²) in [6, 6.07) is 5.14. The molecule has 6 atom stereocenters. The van der Waals surface area contributed by atoms with E-state index in [0.717, 1.165) is 6.42 Å². The van der Waals surface area contributed by atoms with E-state index in [2.05, 4.69) is 20.6 Å². The minimum atomic E-state index is -0.429. The van der Waals surface area contributed by atoms with Gasteiger partial charge in [0.1, 0.15) is 18.1 Å². The summed E-state index contributed by atoms with van der Waals surface area (Å²) in [4.78, 5) is 10.6. The van der Waals surface area contributed by atoms with Crippen LogP contribution >= 0.6 is 11.6 Å². The first kappa shape index (κ1) is 12.5. The molecule has 2 aliphatic heterocycles. The number of nitro benzene ring substituents is 1. The topological polar surface area (TPSA) is 95.8 Å². The number of hydrogen-bond donors (Lipinski definition) is 0. The smallest absolute Gasteiger partial charge is 0.258 e. The number of fused-ring (bicyclic) bond motifs is 8. The van der Waals surface area contributed by atoms with Crippen LogP contribution in [-0.4, -0.2) is 29.1 Å². The Morgan fingerprint density at radius 2 is 1.95 bits per heavy atom. The number of non-ortho nitro benzene ring substituents is 1. The van der Waals surface area contributed by atoms with Crippen LogP contribution in [0.25, 0.3) is 0 Å². The second kappa shape index (κ2) is 4.01. The number of nitrogens with zero attached hydrogens (tertiary/aromatic N) is 6. The summed E-state index contributed by atoms with van der Waals surface area (Å²) in [5.74, 6) is 0.742. The van der Waals surface area contributed by atoms with E-state index in [9.17, 15) is 10.1 Å². The van der Waals surface area contributed by atoms with E-state index in [-0.39, 0.29) is 23.8 Å². The first-order chi connectivity index (χ1) is 10.6. The van der Waals surface area contributed by atoms with Crippen LogP contribution in [0.5, 0.6) is 0 Å². The molecule has 0 aromatic heterocycles. The van der Waals surface area contributed by atoms with Crippen LogP contribution in [0.3, 0.4) is 0 Å². The van der Waals surface area contributed by atoms with Crippen LogP contribution < -0.4 is 5.01 Å². The summed E-state index contributed by atoms with van der Waals surface area (Å²) in [5, 5.41) is 30.3. The predicted octanol–water partition coefficient (Wildman–Crippen LogP) is 3.03. The molecule has 0 radical (unpaired) electrons. The van der Waals surface area contributed by atoms with Crippen molar-refractivity contribution in [3.05, 3.63) is 33.3 Å². The number of anilines is 1. The van der Waals surface area contributed by atoms with Gasteiger partial charge in [0.2, 0.25) is 0 Å². The van der Waals surface area contributed by atoms with E-state index in [1.165, 1.54) is 18.2 Å². The van der Waals surface area contributed by atoms with Crippen molar-refractivity contribution in [1.82, 2.24) is 0 Å². The molecule has 4 aliphatic rings. The van der Waals surface area contributed by atoms with E-state index >= 15 is 0 Å². The number of rotatable bonds is 2. The van der Waals surface area contributed by atoms with Gasteiger partial charge >= 0.3 is 0 Å². The van der Waals surface area contributed by atoms with Crippen molar-refractivity contribution in [3.8, 4) is 0 Å². The van der Waals surface area contributed by atoms with Gasteiger partial charge in [-0.25, -0.2) is 5.01 Å². The summed E-state index contributed by atoms with van der Waals surface area (Å²) >= 11 is 6.24. The maximum atomic E-state index is 11.0. The van der Waals surface area contributed by atoms with Crippen molar-refractivity contribution in [2.75, 3.05) is 5.01 Å². The van der Waals surface area contributed by atoms with Crippen molar-refractivity contribution in [1.29, 1.82) is 0 Å². The highest BCUT2D eigenvalue weighted by molar-refractivity contribution is 6.33. The first-order valence-corrected chi connectivity index (χ1v) is 7.57. The van der Waals surface area contributed by atoms with Crippen molar-refractivity contribution in [2.45, 2.75) is 30.6 Å². The SMILES string of the molecule is O=[N+]([O-])c1ccc(Cl)c(N2N=N[C@H]3[C@H]4C[C@H]([C@@H]5N=N[C@H]45)[C@H]32)c1. The lowest BCUT2D eigenvalue weighted by atomic mass is 9.82. The minimum absolute atomic E-state index is 0.00224. The number of hydrogen-bond acceptors (Lipinski definition) is 7. The molecule has 9 heteroatoms. The summed E-state index contributed by atoms with van der Waals surface area (Å²) in [6.45, 7) is 0. The third-order valence-corrected chi connectivity index (χ3v) is 5.60. The molecule has 112 valence electrons. The maximum Gasteiger partial charge on any atom is 0.271 e. The molecule has 1 aromatic rings. The highest BCUT2D eigenvalue weighted by atomic mass is 35.5. The standard InChI is InChI=1S/C13H11ClN6O2/c14-8-2-1-5(20(21)22)3-9(8)19-13-7-4-6(12(13)17-18-19)10-11(7)16-15-10/h1-3,6-7,10-13H,4H2/t6-,7+,10+,11-,12-,13+/m0/s1. The Bertz CT molecular complexity index is 752. The lowest BCUT2D eigenvalue weighted by Crippen LogP contribution is -2.52. The van der Waals surface area contributed by atoms with E-state index in [1.54, 1.807) is 5.01 Å². The molecule has 2 saturated carbocycles. The highest BCUT2D eigenvalue weighted by Gasteiger charge is 2.65. The molecule has 8 nitrogen and oxygen atoms in total. The van der Waals surface area contributed by atoms with Crippen LogP contribution in [-0.2, 0) is 0 Å². The van der Waals surface area contributed by atoms with Gasteiger partial charge in [-0.05, 0) is 12.5 Å². The molecule has 0 N–H and O–H groups in total. The number of nitro groups is 1. The normalized spacial score (nSPS) is 39.8. The fourth-order valence-corrected chi connectivity index (χ4v) is 4.54. The van der Waals surface area contributed by atoms with Crippen molar-refractivity contribution in [2.24, 2.45) is 32.4 Å². The van der Waals surface area contributed by atoms with E-state index in [4.69, 9.17) is 11.6 Å². The quantitative estimate of drug-likeness (QED) is 0.619. The molecule has 22 heavy (non-hydrogen) atoms. The summed E-state index contributed by atoms with van der Waals surface area (Å²) < 4.78 is 0. The number of azo groups is 1. The van der Waals surface area contributed by atoms with Gasteiger partial charge in [0, 0.05) is 24.0 Å². The molecular weight excluding hydrogens is 308 g/mol. The number of halogens is 1. The zero-order valence-corrected chi connectivity index (χ0v) is 12.0. The molecule has 5 rings (SSSR count). The predicted molar refractivity (Wildman–Crippen MR) is 77.0 cm³/mol. The Kier molecular flexibility index (Phi) is 2.27. The molecule has 2 fully saturated rings. The first-order valence-electron chi connectivity index (χ1n) is 7.19. The van der Waals surface area contributed by atoms with Gasteiger partial charge in [-0.3, -0.25) is 10.1 Å². The Balaban J connectivity index is 1.55. The highest BCUT2D eigenvalue weighted by Crippen LogP contribution is 2.57. The zero-order valence-electron chi connectivity index (χ0n) is 11.3. The van der Waals surface area contributed by atoms with Gasteiger partial charge in [-0.15, -0.1) is 0 Å². The third-order valence-electron chi connectivity index (χ3n) is 5.28. The van der Waals surface area contributed by atoms with Crippen LogP contribution in [0, 0.1) is 22.0 Å². The zero-order chi connectivity index (χ0) is 15.0. The van der Waals surface area contributed by atoms with Crippen LogP contribution in [0.2, 0.25) is 5.02 Å². The molecule has 0 unspecified atom stereocenters. The summed E-state index contributed by atoms with van der Waals surface area (Å²) in [5.41, 5.74) is 0.551. The largest absolute Gasteiger partial charge is 0.271 e. The average Bonchev–Trinajstić information content (AvgIpc) is 3.07. The molecule has 2 heterocycles. The molecule has 1 aromatic carbocycles. The van der Waals surface area contributed by atoms with Crippen LogP contribution in [0.15, 0.2) is 38.8 Å². The fourth-order valence-electron chi connectivity index (χ4n) is 4.33. The minimum Gasteiger partial charge on any atom is -0.258 e. The lowest BCUT2D eigenvalue weighted by molar-refractivity contribution is -0.384. The number of benzene rings is 1. The second-order valence-electron chi connectivity index (χ2n) is 6.20. The van der Waals surface area contributed by atoms with Crippen molar-refractivity contribution in [3.63, 3.8) is 0 Å². The Labute approximate surface area is 130 Å².